The molecule has 0 bridgehead atoms. The second-order valence-corrected chi connectivity index (χ2v) is 8.23. The molecule has 0 saturated carbocycles. The number of benzene rings is 2. The van der Waals surface area contributed by atoms with Gasteiger partial charge in [-0.1, -0.05) is 36.4 Å². The molecule has 1 aliphatic rings. The minimum atomic E-state index is -0.135. The summed E-state index contributed by atoms with van der Waals surface area (Å²) in [6, 6.07) is 18.3. The highest BCUT2D eigenvalue weighted by Gasteiger charge is 2.27. The van der Waals surface area contributed by atoms with Crippen molar-refractivity contribution in [3.63, 3.8) is 0 Å². The highest BCUT2D eigenvalue weighted by molar-refractivity contribution is 8.00. The van der Waals surface area contributed by atoms with Crippen molar-refractivity contribution in [2.24, 2.45) is 0 Å². The van der Waals surface area contributed by atoms with Crippen molar-refractivity contribution in [1.29, 1.82) is 0 Å². The molecule has 1 saturated heterocycles. The Hall–Kier alpha value is -1.98. The number of likely N-dealkylation sites (tertiary alicyclic amines) is 1. The van der Waals surface area contributed by atoms with Gasteiger partial charge in [-0.2, -0.15) is 0 Å². The van der Waals surface area contributed by atoms with Crippen LogP contribution in [-0.2, 0) is 4.79 Å². The Morgan fingerprint density at radius 2 is 1.78 bits per heavy atom. The first-order valence-electron chi connectivity index (χ1n) is 9.55. The van der Waals surface area contributed by atoms with Gasteiger partial charge < -0.3 is 10.1 Å². The SMILES string of the molecule is COc1ccccc1C(CNC(=O)C(C)Sc1ccccc1)N1CCCC1. The fourth-order valence-corrected chi connectivity index (χ4v) is 4.44. The van der Waals surface area contributed by atoms with E-state index in [4.69, 9.17) is 4.74 Å². The lowest BCUT2D eigenvalue weighted by molar-refractivity contribution is -0.120. The number of hydrogen-bond acceptors (Lipinski definition) is 4. The van der Waals surface area contributed by atoms with Crippen molar-refractivity contribution in [1.82, 2.24) is 10.2 Å². The molecule has 0 radical (unpaired) electrons. The van der Waals surface area contributed by atoms with E-state index >= 15 is 0 Å². The lowest BCUT2D eigenvalue weighted by Crippen LogP contribution is -2.39. The molecule has 1 fully saturated rings. The molecule has 1 amide bonds. The summed E-state index contributed by atoms with van der Waals surface area (Å²) in [7, 11) is 1.71. The number of para-hydroxylation sites is 1. The van der Waals surface area contributed by atoms with Crippen molar-refractivity contribution >= 4 is 17.7 Å². The standard InChI is InChI=1S/C22H28N2O2S/c1-17(27-18-10-4-3-5-11-18)22(25)23-16-20(24-14-8-9-15-24)19-12-6-7-13-21(19)26-2/h3-7,10-13,17,20H,8-9,14-16H2,1-2H3,(H,23,25). The molecule has 0 aliphatic carbocycles. The maximum absolute atomic E-state index is 12.7. The molecule has 3 rings (SSSR count). The van der Waals surface area contributed by atoms with E-state index in [1.807, 2.05) is 55.5 Å². The minimum absolute atomic E-state index is 0.0722. The molecule has 2 aromatic carbocycles. The Kier molecular flexibility index (Phi) is 7.18. The Morgan fingerprint density at radius 3 is 2.48 bits per heavy atom. The average Bonchev–Trinajstić information content (AvgIpc) is 3.23. The summed E-state index contributed by atoms with van der Waals surface area (Å²) in [6.07, 6.45) is 2.42. The third-order valence-electron chi connectivity index (χ3n) is 4.97. The second-order valence-electron chi connectivity index (χ2n) is 6.82. The normalized spacial score (nSPS) is 16.7. The van der Waals surface area contributed by atoms with E-state index < -0.39 is 0 Å². The topological polar surface area (TPSA) is 41.6 Å². The van der Waals surface area contributed by atoms with Crippen LogP contribution in [0.3, 0.4) is 0 Å². The van der Waals surface area contributed by atoms with Crippen LogP contribution in [0.4, 0.5) is 0 Å². The van der Waals surface area contributed by atoms with E-state index in [9.17, 15) is 4.79 Å². The van der Waals surface area contributed by atoms with Crippen LogP contribution in [0, 0.1) is 0 Å². The number of nitrogens with zero attached hydrogens (tertiary/aromatic N) is 1. The van der Waals surface area contributed by atoms with Gasteiger partial charge in [0, 0.05) is 17.0 Å². The van der Waals surface area contributed by atoms with Gasteiger partial charge in [0.25, 0.3) is 0 Å². The van der Waals surface area contributed by atoms with Crippen LogP contribution in [-0.4, -0.2) is 42.8 Å². The van der Waals surface area contributed by atoms with Crippen LogP contribution < -0.4 is 10.1 Å². The molecule has 0 aromatic heterocycles. The number of ether oxygens (including phenoxy) is 1. The summed E-state index contributed by atoms with van der Waals surface area (Å²) in [6.45, 7) is 4.68. The zero-order valence-electron chi connectivity index (χ0n) is 16.1. The predicted molar refractivity (Wildman–Crippen MR) is 111 cm³/mol. The largest absolute Gasteiger partial charge is 0.496 e. The molecule has 4 nitrogen and oxygen atoms in total. The molecular weight excluding hydrogens is 356 g/mol. The van der Waals surface area contributed by atoms with E-state index in [1.54, 1.807) is 18.9 Å². The quantitative estimate of drug-likeness (QED) is 0.695. The number of rotatable bonds is 8. The molecule has 1 aliphatic heterocycles. The summed E-state index contributed by atoms with van der Waals surface area (Å²) < 4.78 is 5.58. The molecule has 2 unspecified atom stereocenters. The third-order valence-corrected chi connectivity index (χ3v) is 6.09. The Labute approximate surface area is 166 Å². The molecule has 27 heavy (non-hydrogen) atoms. The molecule has 2 atom stereocenters. The van der Waals surface area contributed by atoms with Gasteiger partial charge in [-0.15, -0.1) is 11.8 Å². The molecular formula is C22H28N2O2S. The van der Waals surface area contributed by atoms with Crippen LogP contribution in [0.2, 0.25) is 0 Å². The molecule has 5 heteroatoms. The lowest BCUT2D eigenvalue weighted by atomic mass is 10.0. The maximum Gasteiger partial charge on any atom is 0.233 e. The molecule has 0 spiro atoms. The van der Waals surface area contributed by atoms with Crippen molar-refractivity contribution < 1.29 is 9.53 Å². The monoisotopic (exact) mass is 384 g/mol. The number of thioether (sulfide) groups is 1. The van der Waals surface area contributed by atoms with E-state index in [-0.39, 0.29) is 17.2 Å². The first-order chi connectivity index (χ1) is 13.2. The number of carbonyl (C=O) groups excluding carboxylic acids is 1. The van der Waals surface area contributed by atoms with Gasteiger partial charge in [0.05, 0.1) is 18.4 Å². The number of methoxy groups -OCH3 is 1. The maximum atomic E-state index is 12.7. The summed E-state index contributed by atoms with van der Waals surface area (Å²) >= 11 is 1.59. The second kappa shape index (κ2) is 9.81. The van der Waals surface area contributed by atoms with Crippen molar-refractivity contribution in [2.45, 2.75) is 36.0 Å². The average molecular weight is 385 g/mol. The van der Waals surface area contributed by atoms with E-state index in [1.165, 1.54) is 12.8 Å². The van der Waals surface area contributed by atoms with Gasteiger partial charge in [0.15, 0.2) is 0 Å². The van der Waals surface area contributed by atoms with Crippen LogP contribution in [0.5, 0.6) is 5.75 Å². The fraction of sp³-hybridized carbons (Fsp3) is 0.409. The van der Waals surface area contributed by atoms with Gasteiger partial charge in [0.1, 0.15) is 5.75 Å². The first-order valence-corrected chi connectivity index (χ1v) is 10.4. The zero-order valence-corrected chi connectivity index (χ0v) is 16.9. The first kappa shape index (κ1) is 19.8. The number of hydrogen-bond donors (Lipinski definition) is 1. The fourth-order valence-electron chi connectivity index (χ4n) is 3.53. The van der Waals surface area contributed by atoms with Crippen LogP contribution in [0.25, 0.3) is 0 Å². The van der Waals surface area contributed by atoms with Gasteiger partial charge in [0.2, 0.25) is 5.91 Å². The van der Waals surface area contributed by atoms with Gasteiger partial charge in [-0.05, 0) is 51.1 Å². The Balaban J connectivity index is 1.66. The Bertz CT molecular complexity index is 732. The molecule has 1 heterocycles. The van der Waals surface area contributed by atoms with E-state index in [2.05, 4.69) is 16.3 Å². The summed E-state index contributed by atoms with van der Waals surface area (Å²) in [5.74, 6) is 0.957. The lowest BCUT2D eigenvalue weighted by Gasteiger charge is -2.29. The van der Waals surface area contributed by atoms with E-state index in [0.29, 0.717) is 6.54 Å². The minimum Gasteiger partial charge on any atom is -0.496 e. The smallest absolute Gasteiger partial charge is 0.233 e. The Morgan fingerprint density at radius 1 is 1.11 bits per heavy atom. The number of amides is 1. The zero-order chi connectivity index (χ0) is 19.1. The van der Waals surface area contributed by atoms with Gasteiger partial charge in [-0.3, -0.25) is 9.69 Å². The summed E-state index contributed by atoms with van der Waals surface area (Å²) in [5, 5.41) is 3.04. The van der Waals surface area contributed by atoms with Gasteiger partial charge >= 0.3 is 0 Å². The van der Waals surface area contributed by atoms with E-state index in [0.717, 1.165) is 29.3 Å². The molecule has 2 aromatic rings. The highest BCUT2D eigenvalue weighted by atomic mass is 32.2. The molecule has 1 N–H and O–H groups in total. The van der Waals surface area contributed by atoms with Crippen molar-refractivity contribution in [2.75, 3.05) is 26.7 Å². The van der Waals surface area contributed by atoms with Crippen LogP contribution >= 0.6 is 11.8 Å². The van der Waals surface area contributed by atoms with Gasteiger partial charge in [-0.25, -0.2) is 0 Å². The predicted octanol–water partition coefficient (Wildman–Crippen LogP) is 4.13. The van der Waals surface area contributed by atoms with Crippen LogP contribution in [0.1, 0.15) is 31.4 Å². The summed E-state index contributed by atoms with van der Waals surface area (Å²) in [4.78, 5) is 16.2. The van der Waals surface area contributed by atoms with Crippen LogP contribution in [0.15, 0.2) is 59.5 Å². The number of carbonyl (C=O) groups is 1. The summed E-state index contributed by atoms with van der Waals surface area (Å²) in [5.41, 5.74) is 1.14. The number of nitrogens with one attached hydrogen (secondary N) is 1. The molecule has 144 valence electrons. The third kappa shape index (κ3) is 5.27. The van der Waals surface area contributed by atoms with Crippen molar-refractivity contribution in [3.8, 4) is 5.75 Å². The van der Waals surface area contributed by atoms with Crippen molar-refractivity contribution in [3.05, 3.63) is 60.2 Å². The highest BCUT2D eigenvalue weighted by Crippen LogP contribution is 2.31.